The SMILES string of the molecule is CC1(C)COc2ccc(CCCO)cc2OC1. The Hall–Kier alpha value is -1.22. The third-order valence-corrected chi connectivity index (χ3v) is 2.87. The number of hydrogen-bond acceptors (Lipinski definition) is 3. The molecule has 0 saturated carbocycles. The molecule has 1 heterocycles. The fourth-order valence-corrected chi connectivity index (χ4v) is 1.81. The lowest BCUT2D eigenvalue weighted by atomic mass is 9.97. The minimum atomic E-state index is 0.0459. The zero-order valence-corrected chi connectivity index (χ0v) is 10.5. The lowest BCUT2D eigenvalue weighted by molar-refractivity contribution is 0.140. The maximum Gasteiger partial charge on any atom is 0.161 e. The van der Waals surface area contributed by atoms with Gasteiger partial charge in [-0.3, -0.25) is 0 Å². The van der Waals surface area contributed by atoms with Crippen LogP contribution in [-0.4, -0.2) is 24.9 Å². The highest BCUT2D eigenvalue weighted by Gasteiger charge is 2.25. The lowest BCUT2D eigenvalue weighted by Gasteiger charge is -2.19. The summed E-state index contributed by atoms with van der Waals surface area (Å²) in [6.07, 6.45) is 1.65. The van der Waals surface area contributed by atoms with Gasteiger partial charge < -0.3 is 14.6 Å². The van der Waals surface area contributed by atoms with Crippen molar-refractivity contribution in [1.82, 2.24) is 0 Å². The topological polar surface area (TPSA) is 38.7 Å². The van der Waals surface area contributed by atoms with Crippen molar-refractivity contribution in [3.8, 4) is 11.5 Å². The normalized spacial score (nSPS) is 17.6. The predicted octanol–water partition coefficient (Wildman–Crippen LogP) is 2.41. The van der Waals surface area contributed by atoms with Gasteiger partial charge in [-0.25, -0.2) is 0 Å². The number of fused-ring (bicyclic) bond motifs is 1. The van der Waals surface area contributed by atoms with Crippen molar-refractivity contribution in [2.24, 2.45) is 5.41 Å². The first-order valence-corrected chi connectivity index (χ1v) is 6.10. The molecular weight excluding hydrogens is 216 g/mol. The van der Waals surface area contributed by atoms with E-state index in [1.54, 1.807) is 0 Å². The molecular formula is C14H20O3. The van der Waals surface area contributed by atoms with Gasteiger partial charge in [-0.15, -0.1) is 0 Å². The molecule has 3 nitrogen and oxygen atoms in total. The van der Waals surface area contributed by atoms with Gasteiger partial charge in [0.15, 0.2) is 11.5 Å². The van der Waals surface area contributed by atoms with Crippen LogP contribution in [0.1, 0.15) is 25.8 Å². The smallest absolute Gasteiger partial charge is 0.161 e. The van der Waals surface area contributed by atoms with Crippen LogP contribution in [0.25, 0.3) is 0 Å². The summed E-state index contributed by atoms with van der Waals surface area (Å²) < 4.78 is 11.5. The quantitative estimate of drug-likeness (QED) is 0.876. The molecule has 1 aliphatic heterocycles. The van der Waals surface area contributed by atoms with E-state index in [-0.39, 0.29) is 12.0 Å². The molecule has 0 atom stereocenters. The third kappa shape index (κ3) is 3.13. The van der Waals surface area contributed by atoms with Crippen LogP contribution in [0.3, 0.4) is 0 Å². The molecule has 0 aliphatic carbocycles. The molecule has 1 aliphatic rings. The number of aryl methyl sites for hydroxylation is 1. The Morgan fingerprint density at radius 2 is 1.88 bits per heavy atom. The van der Waals surface area contributed by atoms with E-state index < -0.39 is 0 Å². The molecule has 0 unspecified atom stereocenters. The largest absolute Gasteiger partial charge is 0.489 e. The third-order valence-electron chi connectivity index (χ3n) is 2.87. The first-order valence-electron chi connectivity index (χ1n) is 6.10. The molecule has 2 rings (SSSR count). The molecule has 1 aromatic rings. The van der Waals surface area contributed by atoms with E-state index >= 15 is 0 Å². The van der Waals surface area contributed by atoms with Crippen LogP contribution in [0, 0.1) is 5.41 Å². The van der Waals surface area contributed by atoms with Crippen LogP contribution in [0.5, 0.6) is 11.5 Å². The molecule has 0 radical (unpaired) electrons. The monoisotopic (exact) mass is 236 g/mol. The van der Waals surface area contributed by atoms with Crippen LogP contribution >= 0.6 is 0 Å². The number of rotatable bonds is 3. The van der Waals surface area contributed by atoms with Crippen LogP contribution in [-0.2, 0) is 6.42 Å². The van der Waals surface area contributed by atoms with Crippen LogP contribution in [0.15, 0.2) is 18.2 Å². The van der Waals surface area contributed by atoms with E-state index in [0.29, 0.717) is 13.2 Å². The molecule has 94 valence electrons. The average Bonchev–Trinajstić information content (AvgIpc) is 2.46. The molecule has 1 aromatic carbocycles. The van der Waals surface area contributed by atoms with Crippen molar-refractivity contribution in [2.45, 2.75) is 26.7 Å². The van der Waals surface area contributed by atoms with Gasteiger partial charge in [0.05, 0.1) is 13.2 Å². The van der Waals surface area contributed by atoms with Gasteiger partial charge in [-0.2, -0.15) is 0 Å². The van der Waals surface area contributed by atoms with Crippen molar-refractivity contribution in [2.75, 3.05) is 19.8 Å². The van der Waals surface area contributed by atoms with E-state index in [1.807, 2.05) is 18.2 Å². The minimum absolute atomic E-state index is 0.0459. The maximum absolute atomic E-state index is 8.82. The second-order valence-electron chi connectivity index (χ2n) is 5.35. The molecule has 0 amide bonds. The van der Waals surface area contributed by atoms with Crippen molar-refractivity contribution < 1.29 is 14.6 Å². The second kappa shape index (κ2) is 4.96. The molecule has 17 heavy (non-hydrogen) atoms. The van der Waals surface area contributed by atoms with Crippen LogP contribution < -0.4 is 9.47 Å². The Morgan fingerprint density at radius 3 is 2.59 bits per heavy atom. The Labute approximate surface area is 102 Å². The number of ether oxygens (including phenoxy) is 2. The Balaban J connectivity index is 2.14. The fraction of sp³-hybridized carbons (Fsp3) is 0.571. The molecule has 0 fully saturated rings. The first-order chi connectivity index (χ1) is 8.11. The van der Waals surface area contributed by atoms with Gasteiger partial charge in [0.1, 0.15) is 0 Å². The Kier molecular flexibility index (Phi) is 3.57. The number of aliphatic hydroxyl groups is 1. The van der Waals surface area contributed by atoms with E-state index in [9.17, 15) is 0 Å². The van der Waals surface area contributed by atoms with Crippen LogP contribution in [0.2, 0.25) is 0 Å². The van der Waals surface area contributed by atoms with Gasteiger partial charge in [-0.05, 0) is 30.5 Å². The molecule has 0 aromatic heterocycles. The van der Waals surface area contributed by atoms with Crippen molar-refractivity contribution in [3.63, 3.8) is 0 Å². The van der Waals surface area contributed by atoms with E-state index in [4.69, 9.17) is 14.6 Å². The summed E-state index contributed by atoms with van der Waals surface area (Å²) in [4.78, 5) is 0. The highest BCUT2D eigenvalue weighted by molar-refractivity contribution is 5.43. The summed E-state index contributed by atoms with van der Waals surface area (Å²) in [7, 11) is 0. The van der Waals surface area contributed by atoms with E-state index in [0.717, 1.165) is 24.3 Å². The summed E-state index contributed by atoms with van der Waals surface area (Å²) in [6.45, 7) is 5.83. The molecule has 0 spiro atoms. The van der Waals surface area contributed by atoms with Gasteiger partial charge in [0.2, 0.25) is 0 Å². The van der Waals surface area contributed by atoms with E-state index in [2.05, 4.69) is 13.8 Å². The van der Waals surface area contributed by atoms with Gasteiger partial charge in [-0.1, -0.05) is 19.9 Å². The molecule has 3 heteroatoms. The first kappa shape index (κ1) is 12.2. The summed E-state index contributed by atoms with van der Waals surface area (Å²) >= 11 is 0. The highest BCUT2D eigenvalue weighted by atomic mass is 16.5. The van der Waals surface area contributed by atoms with Crippen LogP contribution in [0.4, 0.5) is 0 Å². The number of benzene rings is 1. The van der Waals surface area contributed by atoms with Crippen molar-refractivity contribution in [1.29, 1.82) is 0 Å². The Bertz CT molecular complexity index is 385. The van der Waals surface area contributed by atoms with Gasteiger partial charge in [0.25, 0.3) is 0 Å². The standard InChI is InChI=1S/C14H20O3/c1-14(2)9-16-12-6-5-11(4-3-7-15)8-13(12)17-10-14/h5-6,8,15H,3-4,7,9-10H2,1-2H3. The summed E-state index contributed by atoms with van der Waals surface area (Å²) in [6, 6.07) is 6.02. The lowest BCUT2D eigenvalue weighted by Crippen LogP contribution is -2.26. The number of aliphatic hydroxyl groups excluding tert-OH is 1. The van der Waals surface area contributed by atoms with Crippen molar-refractivity contribution >= 4 is 0 Å². The predicted molar refractivity (Wildman–Crippen MR) is 66.6 cm³/mol. The highest BCUT2D eigenvalue weighted by Crippen LogP contribution is 2.34. The molecule has 0 bridgehead atoms. The summed E-state index contributed by atoms with van der Waals surface area (Å²) in [5.74, 6) is 1.65. The second-order valence-corrected chi connectivity index (χ2v) is 5.35. The summed E-state index contributed by atoms with van der Waals surface area (Å²) in [5.41, 5.74) is 1.23. The summed E-state index contributed by atoms with van der Waals surface area (Å²) in [5, 5.41) is 8.82. The molecule has 1 N–H and O–H groups in total. The minimum Gasteiger partial charge on any atom is -0.489 e. The zero-order chi connectivity index (χ0) is 12.3. The molecule has 0 saturated heterocycles. The van der Waals surface area contributed by atoms with Gasteiger partial charge in [0, 0.05) is 12.0 Å². The van der Waals surface area contributed by atoms with E-state index in [1.165, 1.54) is 5.56 Å². The Morgan fingerprint density at radius 1 is 1.18 bits per heavy atom. The van der Waals surface area contributed by atoms with Crippen molar-refractivity contribution in [3.05, 3.63) is 23.8 Å². The van der Waals surface area contributed by atoms with Gasteiger partial charge >= 0.3 is 0 Å². The fourth-order valence-electron chi connectivity index (χ4n) is 1.81. The maximum atomic E-state index is 8.82. The average molecular weight is 236 g/mol. The zero-order valence-electron chi connectivity index (χ0n) is 10.5. The number of hydrogen-bond donors (Lipinski definition) is 1.